The third-order valence-corrected chi connectivity index (χ3v) is 3.64. The summed E-state index contributed by atoms with van der Waals surface area (Å²) < 4.78 is 0. The van der Waals surface area contributed by atoms with Crippen molar-refractivity contribution < 1.29 is 4.79 Å². The van der Waals surface area contributed by atoms with Crippen molar-refractivity contribution in [2.75, 3.05) is 11.5 Å². The molecule has 0 bridgehead atoms. The second-order valence-corrected chi connectivity index (χ2v) is 5.05. The highest BCUT2D eigenvalue weighted by Gasteiger charge is 2.17. The highest BCUT2D eigenvalue weighted by Crippen LogP contribution is 2.28. The maximum absolute atomic E-state index is 12.9. The Kier molecular flexibility index (Phi) is 3.62. The van der Waals surface area contributed by atoms with Gasteiger partial charge in [0, 0.05) is 11.1 Å². The molecule has 4 N–H and O–H groups in total. The summed E-state index contributed by atoms with van der Waals surface area (Å²) in [6.07, 6.45) is 0. The largest absolute Gasteiger partial charge is 0.397 e. The summed E-state index contributed by atoms with van der Waals surface area (Å²) in [5.41, 5.74) is 15.4. The Morgan fingerprint density at radius 2 is 1.32 bits per heavy atom. The number of carbonyl (C=O) groups is 1. The Labute approximate surface area is 129 Å². The molecule has 0 fully saturated rings. The molecular formula is C19H16N2O. The lowest BCUT2D eigenvalue weighted by Gasteiger charge is -2.11. The number of ketones is 1. The van der Waals surface area contributed by atoms with Crippen molar-refractivity contribution >= 4 is 17.2 Å². The summed E-state index contributed by atoms with van der Waals surface area (Å²) in [4.78, 5) is 12.9. The molecule has 3 rings (SSSR count). The molecule has 0 amide bonds. The highest BCUT2D eigenvalue weighted by atomic mass is 16.1. The fourth-order valence-electron chi connectivity index (χ4n) is 2.48. The number of rotatable bonds is 3. The maximum atomic E-state index is 12.9. The standard InChI is InChI=1S/C19H16N2O/c20-17-12-6-11-16(18(17)21)19(22)15-10-5-4-9-14(15)13-7-2-1-3-8-13/h1-12H,20-21H2. The number of nitrogen functional groups attached to an aromatic ring is 2. The van der Waals surface area contributed by atoms with Crippen LogP contribution in [0.2, 0.25) is 0 Å². The predicted molar refractivity (Wildman–Crippen MR) is 90.6 cm³/mol. The van der Waals surface area contributed by atoms with Crippen molar-refractivity contribution in [3.63, 3.8) is 0 Å². The van der Waals surface area contributed by atoms with E-state index < -0.39 is 0 Å². The fraction of sp³-hybridized carbons (Fsp3) is 0. The average molecular weight is 288 g/mol. The first-order valence-corrected chi connectivity index (χ1v) is 7.01. The summed E-state index contributed by atoms with van der Waals surface area (Å²) in [7, 11) is 0. The van der Waals surface area contributed by atoms with Crippen molar-refractivity contribution in [2.45, 2.75) is 0 Å². The van der Waals surface area contributed by atoms with Crippen molar-refractivity contribution in [3.05, 3.63) is 83.9 Å². The Bertz CT molecular complexity index is 826. The topological polar surface area (TPSA) is 69.1 Å². The van der Waals surface area contributed by atoms with Gasteiger partial charge in [0.2, 0.25) is 0 Å². The second-order valence-electron chi connectivity index (χ2n) is 5.05. The molecule has 0 radical (unpaired) electrons. The lowest BCUT2D eigenvalue weighted by atomic mass is 9.93. The van der Waals surface area contributed by atoms with Crippen LogP contribution < -0.4 is 11.5 Å². The Morgan fingerprint density at radius 1 is 0.682 bits per heavy atom. The lowest BCUT2D eigenvalue weighted by molar-refractivity contribution is 0.104. The lowest BCUT2D eigenvalue weighted by Crippen LogP contribution is -2.08. The minimum absolute atomic E-state index is 0.121. The predicted octanol–water partition coefficient (Wildman–Crippen LogP) is 3.75. The third-order valence-electron chi connectivity index (χ3n) is 3.64. The number of hydrogen-bond donors (Lipinski definition) is 2. The van der Waals surface area contributed by atoms with E-state index in [2.05, 4.69) is 0 Å². The molecule has 0 heterocycles. The number of nitrogens with two attached hydrogens (primary N) is 2. The van der Waals surface area contributed by atoms with E-state index in [0.717, 1.165) is 11.1 Å². The summed E-state index contributed by atoms with van der Waals surface area (Å²) in [6.45, 7) is 0. The monoisotopic (exact) mass is 288 g/mol. The average Bonchev–Trinajstić information content (AvgIpc) is 2.57. The first-order chi connectivity index (χ1) is 10.7. The van der Waals surface area contributed by atoms with E-state index in [9.17, 15) is 4.79 Å². The highest BCUT2D eigenvalue weighted by molar-refractivity contribution is 6.16. The number of hydrogen-bond acceptors (Lipinski definition) is 3. The summed E-state index contributed by atoms with van der Waals surface area (Å²) in [5, 5.41) is 0. The summed E-state index contributed by atoms with van der Waals surface area (Å²) in [6, 6.07) is 22.5. The van der Waals surface area contributed by atoms with Crippen LogP contribution in [0.25, 0.3) is 11.1 Å². The first-order valence-electron chi connectivity index (χ1n) is 7.01. The molecule has 3 aromatic rings. The van der Waals surface area contributed by atoms with Crippen LogP contribution in [0.5, 0.6) is 0 Å². The van der Waals surface area contributed by atoms with Crippen LogP contribution in [0.3, 0.4) is 0 Å². The van der Waals surface area contributed by atoms with Gasteiger partial charge in [-0.3, -0.25) is 4.79 Å². The van der Waals surface area contributed by atoms with Gasteiger partial charge in [-0.05, 0) is 23.3 Å². The molecule has 0 aliphatic heterocycles. The van der Waals surface area contributed by atoms with Crippen LogP contribution in [0, 0.1) is 0 Å². The van der Waals surface area contributed by atoms with Crippen LogP contribution in [0.4, 0.5) is 11.4 Å². The molecule has 22 heavy (non-hydrogen) atoms. The van der Waals surface area contributed by atoms with E-state index in [4.69, 9.17) is 11.5 Å². The number of carbonyl (C=O) groups excluding carboxylic acids is 1. The quantitative estimate of drug-likeness (QED) is 0.569. The van der Waals surface area contributed by atoms with Gasteiger partial charge < -0.3 is 11.5 Å². The number of anilines is 2. The zero-order chi connectivity index (χ0) is 15.5. The Morgan fingerprint density at radius 3 is 2.09 bits per heavy atom. The second kappa shape index (κ2) is 5.74. The molecule has 0 aromatic heterocycles. The van der Waals surface area contributed by atoms with Crippen molar-refractivity contribution in [2.24, 2.45) is 0 Å². The van der Waals surface area contributed by atoms with Gasteiger partial charge in [0.25, 0.3) is 0 Å². The number of para-hydroxylation sites is 1. The van der Waals surface area contributed by atoms with E-state index >= 15 is 0 Å². The molecule has 0 atom stereocenters. The van der Waals surface area contributed by atoms with Crippen molar-refractivity contribution in [3.8, 4) is 11.1 Å². The van der Waals surface area contributed by atoms with E-state index in [-0.39, 0.29) is 5.78 Å². The first kappa shape index (κ1) is 13.9. The van der Waals surface area contributed by atoms with Crippen LogP contribution >= 0.6 is 0 Å². The zero-order valence-electron chi connectivity index (χ0n) is 12.0. The Balaban J connectivity index is 2.13. The van der Waals surface area contributed by atoms with E-state index in [1.54, 1.807) is 18.2 Å². The molecule has 108 valence electrons. The van der Waals surface area contributed by atoms with E-state index in [1.165, 1.54) is 0 Å². The molecule has 3 nitrogen and oxygen atoms in total. The number of benzene rings is 3. The van der Waals surface area contributed by atoms with Crippen LogP contribution in [0.1, 0.15) is 15.9 Å². The van der Waals surface area contributed by atoms with Gasteiger partial charge in [0.05, 0.1) is 11.4 Å². The van der Waals surface area contributed by atoms with Gasteiger partial charge in [-0.15, -0.1) is 0 Å². The Hall–Kier alpha value is -3.07. The molecule has 3 aromatic carbocycles. The van der Waals surface area contributed by atoms with Crippen LogP contribution in [-0.2, 0) is 0 Å². The third kappa shape index (κ3) is 2.44. The minimum atomic E-state index is -0.121. The fourth-order valence-corrected chi connectivity index (χ4v) is 2.48. The summed E-state index contributed by atoms with van der Waals surface area (Å²) >= 11 is 0. The molecule has 0 spiro atoms. The molecule has 0 aliphatic carbocycles. The molecule has 3 heteroatoms. The van der Waals surface area contributed by atoms with Gasteiger partial charge in [-0.25, -0.2) is 0 Å². The van der Waals surface area contributed by atoms with Gasteiger partial charge in [0.1, 0.15) is 0 Å². The van der Waals surface area contributed by atoms with Crippen molar-refractivity contribution in [1.82, 2.24) is 0 Å². The molecular weight excluding hydrogens is 272 g/mol. The molecule has 0 saturated carbocycles. The van der Waals surface area contributed by atoms with Gasteiger partial charge in [-0.2, -0.15) is 0 Å². The van der Waals surface area contributed by atoms with E-state index in [0.29, 0.717) is 22.5 Å². The van der Waals surface area contributed by atoms with Gasteiger partial charge in [-0.1, -0.05) is 60.7 Å². The van der Waals surface area contributed by atoms with Crippen LogP contribution in [0.15, 0.2) is 72.8 Å². The van der Waals surface area contributed by atoms with E-state index in [1.807, 2.05) is 54.6 Å². The normalized spacial score (nSPS) is 10.4. The van der Waals surface area contributed by atoms with Gasteiger partial charge >= 0.3 is 0 Å². The maximum Gasteiger partial charge on any atom is 0.195 e. The summed E-state index contributed by atoms with van der Waals surface area (Å²) in [5.74, 6) is -0.121. The minimum Gasteiger partial charge on any atom is -0.397 e. The smallest absolute Gasteiger partial charge is 0.195 e. The molecule has 0 saturated heterocycles. The van der Waals surface area contributed by atoms with Crippen molar-refractivity contribution in [1.29, 1.82) is 0 Å². The van der Waals surface area contributed by atoms with Gasteiger partial charge in [0.15, 0.2) is 5.78 Å². The molecule has 0 unspecified atom stereocenters. The SMILES string of the molecule is Nc1cccc(C(=O)c2ccccc2-c2ccccc2)c1N. The zero-order valence-corrected chi connectivity index (χ0v) is 12.0. The van der Waals surface area contributed by atoms with Crippen LogP contribution in [-0.4, -0.2) is 5.78 Å². The molecule has 0 aliphatic rings.